The molecule has 6 heteroatoms. The van der Waals surface area contributed by atoms with E-state index >= 15 is 0 Å². The minimum Gasteiger partial charge on any atom is -0.378 e. The zero-order valence-corrected chi connectivity index (χ0v) is 15.7. The van der Waals surface area contributed by atoms with E-state index in [-0.39, 0.29) is 17.3 Å². The number of hydrogen-bond acceptors (Lipinski definition) is 5. The summed E-state index contributed by atoms with van der Waals surface area (Å²) in [6.07, 6.45) is 0.327. The molecule has 2 aliphatic rings. The second kappa shape index (κ2) is 6.46. The van der Waals surface area contributed by atoms with E-state index in [1.54, 1.807) is 0 Å². The van der Waals surface area contributed by atoms with Gasteiger partial charge in [-0.2, -0.15) is 0 Å². The normalized spacial score (nSPS) is 15.6. The number of hydrogen-bond donors (Lipinski definition) is 1. The van der Waals surface area contributed by atoms with Gasteiger partial charge in [-0.15, -0.1) is 0 Å². The molecule has 2 heterocycles. The summed E-state index contributed by atoms with van der Waals surface area (Å²) in [6.45, 7) is 0.587. The van der Waals surface area contributed by atoms with Gasteiger partial charge in [0.05, 0.1) is 11.4 Å². The molecule has 6 nitrogen and oxygen atoms in total. The second-order valence-electron chi connectivity index (χ2n) is 6.97. The average molecular weight is 362 g/mol. The van der Waals surface area contributed by atoms with Gasteiger partial charge in [0, 0.05) is 45.5 Å². The maximum Gasteiger partial charge on any atom is 0.263 e. The predicted octanol–water partition coefficient (Wildman–Crippen LogP) is 2.83. The monoisotopic (exact) mass is 362 g/mol. The number of fused-ring (bicyclic) bond motifs is 3. The summed E-state index contributed by atoms with van der Waals surface area (Å²) >= 11 is 0. The molecule has 1 N–H and O–H groups in total. The third-order valence-corrected chi connectivity index (χ3v) is 5.04. The van der Waals surface area contributed by atoms with Crippen LogP contribution in [-0.4, -0.2) is 39.4 Å². The summed E-state index contributed by atoms with van der Waals surface area (Å²) in [4.78, 5) is 31.6. The third kappa shape index (κ3) is 2.83. The highest BCUT2D eigenvalue weighted by Crippen LogP contribution is 2.43. The summed E-state index contributed by atoms with van der Waals surface area (Å²) < 4.78 is 0. The Morgan fingerprint density at radius 3 is 2.37 bits per heavy atom. The molecule has 0 aromatic heterocycles. The smallest absolute Gasteiger partial charge is 0.263 e. The molecular formula is C21H22N4O2. The highest BCUT2D eigenvalue weighted by molar-refractivity contribution is 6.25. The first-order valence-electron chi connectivity index (χ1n) is 8.94. The summed E-state index contributed by atoms with van der Waals surface area (Å²) in [5.74, 6) is 0.176. The summed E-state index contributed by atoms with van der Waals surface area (Å²) in [6, 6.07) is 15.5. The van der Waals surface area contributed by atoms with E-state index in [0.717, 1.165) is 17.1 Å². The van der Waals surface area contributed by atoms with Gasteiger partial charge in [-0.3, -0.25) is 9.59 Å². The number of carbonyl (C=O) groups excluding carboxylic acids is 2. The maximum absolute atomic E-state index is 13.0. The number of nitrogens with one attached hydrogen (secondary N) is 1. The number of ketones is 1. The van der Waals surface area contributed by atoms with E-state index in [1.165, 1.54) is 0 Å². The van der Waals surface area contributed by atoms with Crippen molar-refractivity contribution < 1.29 is 9.59 Å². The van der Waals surface area contributed by atoms with Gasteiger partial charge < -0.3 is 20.0 Å². The van der Waals surface area contributed by atoms with Crippen LogP contribution in [0.25, 0.3) is 0 Å². The molecule has 0 unspecified atom stereocenters. The highest BCUT2D eigenvalue weighted by Gasteiger charge is 2.39. The lowest BCUT2D eigenvalue weighted by Crippen LogP contribution is -2.39. The predicted molar refractivity (Wildman–Crippen MR) is 108 cm³/mol. The number of nitrogens with zero attached hydrogens (tertiary/aromatic N) is 3. The van der Waals surface area contributed by atoms with E-state index in [9.17, 15) is 9.59 Å². The lowest BCUT2D eigenvalue weighted by Gasteiger charge is -2.29. The van der Waals surface area contributed by atoms with E-state index in [4.69, 9.17) is 0 Å². The zero-order chi connectivity index (χ0) is 19.1. The van der Waals surface area contributed by atoms with Crippen LogP contribution in [-0.2, 0) is 9.59 Å². The Morgan fingerprint density at radius 2 is 1.70 bits per heavy atom. The maximum atomic E-state index is 13.0. The van der Waals surface area contributed by atoms with Gasteiger partial charge in [-0.25, -0.2) is 0 Å². The van der Waals surface area contributed by atoms with Gasteiger partial charge in [0.2, 0.25) is 0 Å². The first kappa shape index (κ1) is 17.1. The van der Waals surface area contributed by atoms with Crippen LogP contribution in [0.3, 0.4) is 0 Å². The van der Waals surface area contributed by atoms with Crippen LogP contribution in [0, 0.1) is 0 Å². The number of para-hydroxylation sites is 2. The van der Waals surface area contributed by atoms with Crippen molar-refractivity contribution in [1.82, 2.24) is 0 Å². The minimum atomic E-state index is -0.364. The number of carbonyl (C=O) groups is 2. The van der Waals surface area contributed by atoms with Gasteiger partial charge in [-0.1, -0.05) is 12.1 Å². The van der Waals surface area contributed by atoms with Crippen molar-refractivity contribution >= 4 is 34.4 Å². The van der Waals surface area contributed by atoms with Crippen molar-refractivity contribution in [2.24, 2.45) is 0 Å². The fourth-order valence-electron chi connectivity index (χ4n) is 3.64. The summed E-state index contributed by atoms with van der Waals surface area (Å²) in [7, 11) is 5.82. The Kier molecular flexibility index (Phi) is 4.11. The molecule has 0 aliphatic carbocycles. The average Bonchev–Trinajstić information content (AvgIpc) is 2.95. The van der Waals surface area contributed by atoms with Crippen molar-refractivity contribution in [3.63, 3.8) is 0 Å². The fraction of sp³-hybridized carbons (Fsp3) is 0.238. The summed E-state index contributed by atoms with van der Waals surface area (Å²) in [5.41, 5.74) is 3.96. The number of amides is 1. The van der Waals surface area contributed by atoms with Crippen molar-refractivity contribution in [3.05, 3.63) is 59.9 Å². The summed E-state index contributed by atoms with van der Waals surface area (Å²) in [5, 5.41) is 2.88. The van der Waals surface area contributed by atoms with Crippen molar-refractivity contribution in [2.75, 3.05) is 47.7 Å². The Morgan fingerprint density at radius 1 is 1.04 bits per heavy atom. The molecule has 2 aromatic rings. The molecule has 0 bridgehead atoms. The first-order chi connectivity index (χ1) is 13.0. The van der Waals surface area contributed by atoms with Crippen molar-refractivity contribution in [2.45, 2.75) is 6.42 Å². The topological polar surface area (TPSA) is 55.9 Å². The van der Waals surface area contributed by atoms with Crippen molar-refractivity contribution in [1.29, 1.82) is 0 Å². The molecule has 2 aliphatic heterocycles. The SMILES string of the molecule is CN(C)c1ccc(NC(=O)C2=C3N(C)c4ccccc4N3CCC2=O)cc1. The molecule has 0 fully saturated rings. The van der Waals surface area contributed by atoms with Crippen molar-refractivity contribution in [3.8, 4) is 0 Å². The van der Waals surface area contributed by atoms with E-state index in [2.05, 4.69) is 10.2 Å². The first-order valence-corrected chi connectivity index (χ1v) is 8.94. The molecular weight excluding hydrogens is 340 g/mol. The zero-order valence-electron chi connectivity index (χ0n) is 15.7. The van der Waals surface area contributed by atoms with Crippen LogP contribution in [0.5, 0.6) is 0 Å². The largest absolute Gasteiger partial charge is 0.378 e. The molecule has 0 atom stereocenters. The molecule has 1 amide bonds. The van der Waals surface area contributed by atoms with E-state index in [1.807, 2.05) is 79.5 Å². The number of benzene rings is 2. The number of rotatable bonds is 3. The molecule has 27 heavy (non-hydrogen) atoms. The molecule has 0 saturated heterocycles. The van der Waals surface area contributed by atoms with Gasteiger partial charge in [-0.05, 0) is 36.4 Å². The second-order valence-corrected chi connectivity index (χ2v) is 6.97. The molecule has 2 aromatic carbocycles. The lowest BCUT2D eigenvalue weighted by atomic mass is 10.0. The Hall–Kier alpha value is -3.28. The standard InChI is InChI=1S/C21H22N4O2/c1-23(2)15-10-8-14(9-11-15)22-20(27)19-18(26)12-13-25-17-7-5-4-6-16(17)24(3)21(19)25/h4-11H,12-13H2,1-3H3,(H,22,27). The molecule has 4 rings (SSSR count). The van der Waals surface area contributed by atoms with Gasteiger partial charge in [0.1, 0.15) is 11.4 Å². The molecule has 0 spiro atoms. The molecule has 138 valence electrons. The van der Waals surface area contributed by atoms with Crippen LogP contribution in [0.4, 0.5) is 22.7 Å². The Balaban J connectivity index is 1.68. The van der Waals surface area contributed by atoms with Gasteiger partial charge in [0.25, 0.3) is 5.91 Å². The fourth-order valence-corrected chi connectivity index (χ4v) is 3.64. The van der Waals surface area contributed by atoms with E-state index < -0.39 is 0 Å². The van der Waals surface area contributed by atoms with Crippen LogP contribution in [0.1, 0.15) is 6.42 Å². The Labute approximate surface area is 158 Å². The van der Waals surface area contributed by atoms with Gasteiger partial charge in [0.15, 0.2) is 5.78 Å². The quantitative estimate of drug-likeness (QED) is 0.851. The van der Waals surface area contributed by atoms with Crippen LogP contribution in [0.2, 0.25) is 0 Å². The van der Waals surface area contributed by atoms with Crippen LogP contribution >= 0.6 is 0 Å². The van der Waals surface area contributed by atoms with Crippen LogP contribution < -0.4 is 20.0 Å². The number of anilines is 4. The van der Waals surface area contributed by atoms with E-state index in [0.29, 0.717) is 24.5 Å². The highest BCUT2D eigenvalue weighted by atomic mass is 16.2. The third-order valence-electron chi connectivity index (χ3n) is 5.04. The Bertz CT molecular complexity index is 947. The van der Waals surface area contributed by atoms with Gasteiger partial charge >= 0.3 is 0 Å². The van der Waals surface area contributed by atoms with Crippen LogP contribution in [0.15, 0.2) is 59.9 Å². The molecule has 0 saturated carbocycles. The number of Topliss-reactive ketones (excluding diaryl/α,β-unsaturated/α-hetero) is 1. The minimum absolute atomic E-state index is 0.122. The molecule has 0 radical (unpaired) electrons. The lowest BCUT2D eigenvalue weighted by molar-refractivity contribution is -0.120.